The predicted molar refractivity (Wildman–Crippen MR) is 198 cm³/mol. The Morgan fingerprint density at radius 2 is 1.80 bits per heavy atom. The SMILES string of the molecule is COc1cnc(O[C@@H]2C[C@H]3C(=O)C[C@]4(C(=O)NS(=O)(=O)C5(F)CC5)C[C@H]4/C=C\CC[C@@H](C)C[C@@H](C)[C@H](CC(=O)OC(C)(C)C)C(=O)N3C2)c2ccccc12. The minimum absolute atomic E-state index is 0.00560. The van der Waals surface area contributed by atoms with Gasteiger partial charge in [0.2, 0.25) is 22.7 Å². The van der Waals surface area contributed by atoms with Gasteiger partial charge in [-0.3, -0.25) is 19.2 Å². The van der Waals surface area contributed by atoms with Crippen molar-refractivity contribution in [3.63, 3.8) is 0 Å². The van der Waals surface area contributed by atoms with Crippen LogP contribution in [0.5, 0.6) is 11.6 Å². The fourth-order valence-electron chi connectivity index (χ4n) is 8.09. The molecule has 0 bridgehead atoms. The van der Waals surface area contributed by atoms with Gasteiger partial charge in [0.1, 0.15) is 17.5 Å². The topological polar surface area (TPSA) is 158 Å². The van der Waals surface area contributed by atoms with Crippen LogP contribution in [-0.4, -0.2) is 78.3 Å². The number of pyridine rings is 1. The zero-order valence-electron chi connectivity index (χ0n) is 31.9. The van der Waals surface area contributed by atoms with E-state index in [1.165, 1.54) is 4.90 Å². The Hall–Kier alpha value is -4.07. The van der Waals surface area contributed by atoms with Crippen LogP contribution < -0.4 is 14.2 Å². The maximum absolute atomic E-state index is 14.8. The molecule has 1 aromatic heterocycles. The van der Waals surface area contributed by atoms with Crippen LogP contribution in [0, 0.1) is 29.1 Å². The van der Waals surface area contributed by atoms with E-state index in [1.807, 2.05) is 48.1 Å². The first-order valence-corrected chi connectivity index (χ1v) is 20.4. The summed E-state index contributed by atoms with van der Waals surface area (Å²) in [6.45, 7) is 9.31. The van der Waals surface area contributed by atoms with E-state index in [-0.39, 0.29) is 56.9 Å². The average molecular weight is 770 g/mol. The first kappa shape index (κ1) is 39.6. The molecule has 14 heteroatoms. The number of nitrogens with one attached hydrogen (secondary N) is 1. The molecule has 4 aliphatic rings. The zero-order chi connectivity index (χ0) is 39.2. The number of rotatable bonds is 8. The van der Waals surface area contributed by atoms with Crippen LogP contribution in [0.15, 0.2) is 42.6 Å². The molecule has 3 fully saturated rings. The molecular weight excluding hydrogens is 718 g/mol. The average Bonchev–Trinajstić information content (AvgIpc) is 3.98. The van der Waals surface area contributed by atoms with Crippen molar-refractivity contribution in [2.45, 2.75) is 115 Å². The second-order valence-corrected chi connectivity index (χ2v) is 18.8. The number of aromatic nitrogens is 1. The van der Waals surface area contributed by atoms with E-state index < -0.39 is 73.6 Å². The molecule has 0 unspecified atom stereocenters. The predicted octanol–water partition coefficient (Wildman–Crippen LogP) is 5.82. The quantitative estimate of drug-likeness (QED) is 0.256. The molecule has 2 aromatic rings. The third-order valence-corrected chi connectivity index (χ3v) is 13.2. The molecular formula is C40H52FN3O9S. The highest BCUT2D eigenvalue weighted by atomic mass is 32.2. The third kappa shape index (κ3) is 8.28. The summed E-state index contributed by atoms with van der Waals surface area (Å²) in [5.74, 6) is -2.78. The molecule has 0 spiro atoms. The van der Waals surface area contributed by atoms with Gasteiger partial charge in [0.15, 0.2) is 5.78 Å². The van der Waals surface area contributed by atoms with Crippen LogP contribution in [0.25, 0.3) is 10.8 Å². The minimum atomic E-state index is -4.61. The molecule has 294 valence electrons. The molecule has 6 rings (SSSR count). The molecule has 2 aliphatic heterocycles. The Bertz CT molecular complexity index is 1940. The number of halogens is 1. The highest BCUT2D eigenvalue weighted by Crippen LogP contribution is 2.58. The Morgan fingerprint density at radius 3 is 2.46 bits per heavy atom. The number of methoxy groups -OCH3 is 1. The molecule has 54 heavy (non-hydrogen) atoms. The standard InChI is InChI=1S/C40H52FN3O9S/c1-24-11-7-8-12-26-20-39(26,37(48)43-54(49,50)40(41)15-16-40)21-32(45)31-18-27(52-35-29-14-10-9-13-28(29)33(51-6)22-42-35)23-44(31)36(47)30(25(2)17-24)19-34(46)53-38(3,4)5/h8-10,12-14,22,24-27,30-31H,7,11,15-21,23H2,1-6H3,(H,43,48)/b12-8-/t24-,25-,26-,27-,30+,31+,39-/m1/s1. The van der Waals surface area contributed by atoms with Crippen LogP contribution in [0.3, 0.4) is 0 Å². The summed E-state index contributed by atoms with van der Waals surface area (Å²) in [6, 6.07) is 6.36. The number of sulfonamides is 1. The Balaban J connectivity index is 1.35. The van der Waals surface area contributed by atoms with Crippen LogP contribution in [0.1, 0.15) is 92.4 Å². The molecule has 2 saturated carbocycles. The second-order valence-electron chi connectivity index (χ2n) is 16.8. The lowest BCUT2D eigenvalue weighted by Gasteiger charge is -2.32. The zero-order valence-corrected chi connectivity index (χ0v) is 32.7. The monoisotopic (exact) mass is 769 g/mol. The van der Waals surface area contributed by atoms with Crippen molar-refractivity contribution in [3.05, 3.63) is 42.6 Å². The highest BCUT2D eigenvalue weighted by Gasteiger charge is 2.64. The number of fused-ring (bicyclic) bond motifs is 3. The number of nitrogens with zero attached hydrogens (tertiary/aromatic N) is 2. The third-order valence-electron chi connectivity index (χ3n) is 11.3. The van der Waals surface area contributed by atoms with Gasteiger partial charge in [0.05, 0.1) is 43.6 Å². The molecule has 7 atom stereocenters. The first-order valence-electron chi connectivity index (χ1n) is 18.9. The van der Waals surface area contributed by atoms with E-state index in [0.29, 0.717) is 29.9 Å². The van der Waals surface area contributed by atoms with Gasteiger partial charge >= 0.3 is 5.97 Å². The van der Waals surface area contributed by atoms with Gasteiger partial charge in [-0.25, -0.2) is 22.5 Å². The van der Waals surface area contributed by atoms with Crippen LogP contribution in [-0.2, 0) is 33.9 Å². The van der Waals surface area contributed by atoms with Gasteiger partial charge in [0, 0.05) is 36.5 Å². The van der Waals surface area contributed by atoms with Crippen molar-refractivity contribution in [1.29, 1.82) is 0 Å². The smallest absolute Gasteiger partial charge is 0.307 e. The Kier molecular flexibility index (Phi) is 10.9. The fourth-order valence-corrected chi connectivity index (χ4v) is 9.36. The first-order chi connectivity index (χ1) is 25.4. The van der Waals surface area contributed by atoms with Crippen molar-refractivity contribution in [3.8, 4) is 11.6 Å². The molecule has 1 aromatic carbocycles. The van der Waals surface area contributed by atoms with E-state index in [2.05, 4.69) is 11.9 Å². The number of esters is 1. The number of ether oxygens (including phenoxy) is 3. The maximum Gasteiger partial charge on any atom is 0.307 e. The van der Waals surface area contributed by atoms with Crippen molar-refractivity contribution >= 4 is 44.4 Å². The maximum atomic E-state index is 14.8. The number of benzene rings is 1. The number of amides is 2. The molecule has 12 nitrogen and oxygen atoms in total. The number of hydrogen-bond donors (Lipinski definition) is 1. The summed E-state index contributed by atoms with van der Waals surface area (Å²) in [6.07, 6.45) is 6.03. The summed E-state index contributed by atoms with van der Waals surface area (Å²) in [7, 11) is -3.07. The van der Waals surface area contributed by atoms with Crippen LogP contribution >= 0.6 is 0 Å². The van der Waals surface area contributed by atoms with Crippen LogP contribution in [0.4, 0.5) is 4.39 Å². The number of Topliss-reactive ketones (excluding diaryl/α,β-unsaturated/α-hetero) is 1. The summed E-state index contributed by atoms with van der Waals surface area (Å²) < 4.78 is 60.0. The van der Waals surface area contributed by atoms with Crippen LogP contribution in [0.2, 0.25) is 0 Å². The van der Waals surface area contributed by atoms with E-state index in [4.69, 9.17) is 14.2 Å². The summed E-state index contributed by atoms with van der Waals surface area (Å²) in [4.78, 5) is 62.4. The molecule has 2 aliphatic carbocycles. The van der Waals surface area contributed by atoms with Crippen molar-refractivity contribution in [2.24, 2.45) is 29.1 Å². The van der Waals surface area contributed by atoms with Gasteiger partial charge in [-0.1, -0.05) is 44.2 Å². The van der Waals surface area contributed by atoms with Gasteiger partial charge in [-0.2, -0.15) is 0 Å². The molecule has 1 N–H and O–H groups in total. The number of allylic oxidation sites excluding steroid dienone is 2. The highest BCUT2D eigenvalue weighted by molar-refractivity contribution is 7.91. The Morgan fingerprint density at radius 1 is 1.09 bits per heavy atom. The molecule has 1 saturated heterocycles. The van der Waals surface area contributed by atoms with E-state index in [9.17, 15) is 32.0 Å². The number of carbonyl (C=O) groups excluding carboxylic acids is 4. The van der Waals surface area contributed by atoms with E-state index >= 15 is 0 Å². The van der Waals surface area contributed by atoms with Crippen molar-refractivity contribution < 1.29 is 46.2 Å². The van der Waals surface area contributed by atoms with E-state index in [1.54, 1.807) is 34.1 Å². The number of hydrogen-bond acceptors (Lipinski definition) is 10. The minimum Gasteiger partial charge on any atom is -0.494 e. The Labute approximate surface area is 316 Å². The number of alkyl halides is 1. The van der Waals surface area contributed by atoms with Gasteiger partial charge in [-0.15, -0.1) is 0 Å². The van der Waals surface area contributed by atoms with Gasteiger partial charge in [-0.05, 0) is 70.3 Å². The van der Waals surface area contributed by atoms with Crippen molar-refractivity contribution in [2.75, 3.05) is 13.7 Å². The molecule has 2 amide bonds. The van der Waals surface area contributed by atoms with E-state index in [0.717, 1.165) is 11.8 Å². The molecule has 3 heterocycles. The summed E-state index contributed by atoms with van der Waals surface area (Å²) in [5, 5.41) is -1.06. The fraction of sp³-hybridized carbons (Fsp3) is 0.625. The molecule has 0 radical (unpaired) electrons. The summed E-state index contributed by atoms with van der Waals surface area (Å²) in [5.41, 5.74) is -2.20. The van der Waals surface area contributed by atoms with Gasteiger partial charge < -0.3 is 19.1 Å². The van der Waals surface area contributed by atoms with Gasteiger partial charge in [0.25, 0.3) is 10.0 Å². The lowest BCUT2D eigenvalue weighted by atomic mass is 9.82. The van der Waals surface area contributed by atoms with Crippen molar-refractivity contribution in [1.82, 2.24) is 14.6 Å². The number of carbonyl (C=O) groups is 4. The summed E-state index contributed by atoms with van der Waals surface area (Å²) >= 11 is 0. The largest absolute Gasteiger partial charge is 0.494 e. The normalized spacial score (nSPS) is 30.6. The number of ketones is 1. The second kappa shape index (κ2) is 14.9. The lowest BCUT2D eigenvalue weighted by Crippen LogP contribution is -2.48. The lowest BCUT2D eigenvalue weighted by molar-refractivity contribution is -0.160.